The van der Waals surface area contributed by atoms with Crippen LogP contribution >= 0.6 is 0 Å². The van der Waals surface area contributed by atoms with Crippen molar-refractivity contribution in [2.75, 3.05) is 6.61 Å². The zero-order valence-corrected chi connectivity index (χ0v) is 18.0. The van der Waals surface area contributed by atoms with Gasteiger partial charge >= 0.3 is 11.9 Å². The normalized spacial score (nSPS) is 10.7. The summed E-state index contributed by atoms with van der Waals surface area (Å²) in [5.41, 5.74) is 0.476. The molecule has 0 bridgehead atoms. The van der Waals surface area contributed by atoms with Crippen molar-refractivity contribution in [3.63, 3.8) is 0 Å². The van der Waals surface area contributed by atoms with Crippen LogP contribution < -0.4 is 4.74 Å². The maximum absolute atomic E-state index is 13.2. The highest BCUT2D eigenvalue weighted by Crippen LogP contribution is 2.17. The SMILES string of the molecule is CCCCCCCCCCCOC(=O)c1ccc(C(=O)Oc2cc(F)cc(F)c2)cc1. The predicted molar refractivity (Wildman–Crippen MR) is 115 cm³/mol. The summed E-state index contributed by atoms with van der Waals surface area (Å²) in [5.74, 6) is -3.14. The third-order valence-corrected chi connectivity index (χ3v) is 4.88. The van der Waals surface area contributed by atoms with E-state index >= 15 is 0 Å². The van der Waals surface area contributed by atoms with Crippen molar-refractivity contribution in [3.05, 3.63) is 65.2 Å². The summed E-state index contributed by atoms with van der Waals surface area (Å²) >= 11 is 0. The number of unbranched alkanes of at least 4 members (excludes halogenated alkanes) is 8. The molecule has 2 aromatic rings. The van der Waals surface area contributed by atoms with Gasteiger partial charge in [0, 0.05) is 18.2 Å². The molecule has 0 aliphatic rings. The lowest BCUT2D eigenvalue weighted by atomic mass is 10.1. The highest BCUT2D eigenvalue weighted by atomic mass is 19.1. The Labute approximate surface area is 182 Å². The van der Waals surface area contributed by atoms with Gasteiger partial charge in [-0.1, -0.05) is 58.3 Å². The highest BCUT2D eigenvalue weighted by Gasteiger charge is 2.13. The molecule has 0 N–H and O–H groups in total. The standard InChI is InChI=1S/C25H30F2O4/c1-2-3-4-5-6-7-8-9-10-15-30-24(28)19-11-13-20(14-12-19)25(29)31-23-17-21(26)16-22(27)18-23/h11-14,16-18H,2-10,15H2,1H3. The molecule has 168 valence electrons. The van der Waals surface area contributed by atoms with Gasteiger partial charge in [0.25, 0.3) is 0 Å². The fraction of sp³-hybridized carbons (Fsp3) is 0.440. The van der Waals surface area contributed by atoms with E-state index in [0.717, 1.165) is 31.4 Å². The average Bonchev–Trinajstić information content (AvgIpc) is 2.74. The zero-order chi connectivity index (χ0) is 22.5. The van der Waals surface area contributed by atoms with Gasteiger partial charge in [0.1, 0.15) is 17.4 Å². The van der Waals surface area contributed by atoms with Crippen molar-refractivity contribution >= 4 is 11.9 Å². The average molecular weight is 433 g/mol. The van der Waals surface area contributed by atoms with Crippen LogP contribution in [0.2, 0.25) is 0 Å². The van der Waals surface area contributed by atoms with Gasteiger partial charge < -0.3 is 9.47 Å². The van der Waals surface area contributed by atoms with Gasteiger partial charge in [-0.2, -0.15) is 0 Å². The number of carbonyl (C=O) groups excluding carboxylic acids is 2. The molecule has 0 aliphatic heterocycles. The van der Waals surface area contributed by atoms with Crippen LogP contribution in [0.25, 0.3) is 0 Å². The Bertz CT molecular complexity index is 814. The van der Waals surface area contributed by atoms with Gasteiger partial charge in [-0.3, -0.25) is 0 Å². The topological polar surface area (TPSA) is 52.6 Å². The third kappa shape index (κ3) is 9.28. The quantitative estimate of drug-likeness (QED) is 0.197. The fourth-order valence-electron chi connectivity index (χ4n) is 3.16. The molecule has 0 aromatic heterocycles. The first-order valence-electron chi connectivity index (χ1n) is 10.9. The molecule has 0 fully saturated rings. The Balaban J connectivity index is 1.68. The Hall–Kier alpha value is -2.76. The first kappa shape index (κ1) is 24.5. The number of benzene rings is 2. The summed E-state index contributed by atoms with van der Waals surface area (Å²) in [6.45, 7) is 2.58. The summed E-state index contributed by atoms with van der Waals surface area (Å²) in [6.07, 6.45) is 10.7. The molecule has 0 aliphatic carbocycles. The molecular formula is C25H30F2O4. The summed E-state index contributed by atoms with van der Waals surface area (Å²) in [6, 6.07) is 8.26. The van der Waals surface area contributed by atoms with Crippen molar-refractivity contribution in [3.8, 4) is 5.75 Å². The molecule has 0 amide bonds. The van der Waals surface area contributed by atoms with Crippen LogP contribution in [0.5, 0.6) is 5.75 Å². The smallest absolute Gasteiger partial charge is 0.343 e. The predicted octanol–water partition coefficient (Wildman–Crippen LogP) is 6.87. The van der Waals surface area contributed by atoms with Crippen molar-refractivity contribution in [2.24, 2.45) is 0 Å². The van der Waals surface area contributed by atoms with E-state index in [0.29, 0.717) is 18.2 Å². The largest absolute Gasteiger partial charge is 0.462 e. The maximum atomic E-state index is 13.2. The molecule has 0 atom stereocenters. The van der Waals surface area contributed by atoms with Crippen LogP contribution in [-0.4, -0.2) is 18.5 Å². The minimum atomic E-state index is -0.840. The number of hydrogen-bond donors (Lipinski definition) is 0. The van der Waals surface area contributed by atoms with Gasteiger partial charge in [-0.25, -0.2) is 18.4 Å². The molecule has 31 heavy (non-hydrogen) atoms. The lowest BCUT2D eigenvalue weighted by molar-refractivity contribution is 0.0497. The lowest BCUT2D eigenvalue weighted by Crippen LogP contribution is -2.10. The van der Waals surface area contributed by atoms with Gasteiger partial charge in [0.05, 0.1) is 17.7 Å². The number of esters is 2. The molecule has 0 heterocycles. The highest BCUT2D eigenvalue weighted by molar-refractivity contribution is 5.94. The molecule has 2 rings (SSSR count). The first-order chi connectivity index (χ1) is 15.0. The molecule has 0 spiro atoms. The third-order valence-electron chi connectivity index (χ3n) is 4.88. The molecule has 0 saturated heterocycles. The second kappa shape index (κ2) is 13.5. The Morgan fingerprint density at radius 2 is 1.19 bits per heavy atom. The number of hydrogen-bond acceptors (Lipinski definition) is 4. The molecule has 0 radical (unpaired) electrons. The minimum Gasteiger partial charge on any atom is -0.462 e. The van der Waals surface area contributed by atoms with E-state index in [-0.39, 0.29) is 11.3 Å². The van der Waals surface area contributed by atoms with E-state index in [9.17, 15) is 18.4 Å². The number of carbonyl (C=O) groups is 2. The Kier molecular flexibility index (Phi) is 10.7. The summed E-state index contributed by atoms with van der Waals surface area (Å²) in [5, 5.41) is 0. The molecular weight excluding hydrogens is 402 g/mol. The van der Waals surface area contributed by atoms with Crippen molar-refractivity contribution in [1.82, 2.24) is 0 Å². The second-order valence-corrected chi connectivity index (χ2v) is 7.54. The summed E-state index contributed by atoms with van der Waals surface area (Å²) in [4.78, 5) is 24.2. The molecule has 2 aromatic carbocycles. The van der Waals surface area contributed by atoms with Crippen LogP contribution in [0.1, 0.15) is 85.4 Å². The fourth-order valence-corrected chi connectivity index (χ4v) is 3.16. The van der Waals surface area contributed by atoms with E-state index in [1.807, 2.05) is 0 Å². The van der Waals surface area contributed by atoms with Gasteiger partial charge in [0.2, 0.25) is 0 Å². The van der Waals surface area contributed by atoms with Crippen molar-refractivity contribution in [1.29, 1.82) is 0 Å². The van der Waals surface area contributed by atoms with E-state index in [2.05, 4.69) is 6.92 Å². The molecule has 0 saturated carbocycles. The van der Waals surface area contributed by atoms with Crippen LogP contribution in [0.4, 0.5) is 8.78 Å². The number of rotatable bonds is 13. The molecule has 0 unspecified atom stereocenters. The number of ether oxygens (including phenoxy) is 2. The lowest BCUT2D eigenvalue weighted by Gasteiger charge is -2.07. The van der Waals surface area contributed by atoms with Crippen molar-refractivity contribution < 1.29 is 27.8 Å². The Morgan fingerprint density at radius 3 is 1.74 bits per heavy atom. The van der Waals surface area contributed by atoms with E-state index < -0.39 is 23.6 Å². The van der Waals surface area contributed by atoms with Gasteiger partial charge in [-0.05, 0) is 30.7 Å². The summed E-state index contributed by atoms with van der Waals surface area (Å²) < 4.78 is 36.6. The van der Waals surface area contributed by atoms with Gasteiger partial charge in [0.15, 0.2) is 0 Å². The van der Waals surface area contributed by atoms with Gasteiger partial charge in [-0.15, -0.1) is 0 Å². The first-order valence-corrected chi connectivity index (χ1v) is 10.9. The number of halogens is 2. The van der Waals surface area contributed by atoms with Crippen LogP contribution in [0.3, 0.4) is 0 Å². The van der Waals surface area contributed by atoms with E-state index in [1.165, 1.54) is 62.8 Å². The van der Waals surface area contributed by atoms with E-state index in [4.69, 9.17) is 9.47 Å². The summed E-state index contributed by atoms with van der Waals surface area (Å²) in [7, 11) is 0. The molecule has 6 heteroatoms. The van der Waals surface area contributed by atoms with Crippen molar-refractivity contribution in [2.45, 2.75) is 64.7 Å². The van der Waals surface area contributed by atoms with E-state index in [1.54, 1.807) is 0 Å². The molecule has 4 nitrogen and oxygen atoms in total. The minimum absolute atomic E-state index is 0.153. The Morgan fingerprint density at radius 1 is 0.710 bits per heavy atom. The van der Waals surface area contributed by atoms with Crippen LogP contribution in [0, 0.1) is 11.6 Å². The van der Waals surface area contributed by atoms with Crippen LogP contribution in [-0.2, 0) is 4.74 Å². The van der Waals surface area contributed by atoms with Crippen LogP contribution in [0.15, 0.2) is 42.5 Å². The maximum Gasteiger partial charge on any atom is 0.343 e. The monoisotopic (exact) mass is 432 g/mol. The zero-order valence-electron chi connectivity index (χ0n) is 18.0. The second-order valence-electron chi connectivity index (χ2n) is 7.54.